The predicted octanol–water partition coefficient (Wildman–Crippen LogP) is 3.66. The van der Waals surface area contributed by atoms with Crippen LogP contribution in [0.4, 0.5) is 10.1 Å². The summed E-state index contributed by atoms with van der Waals surface area (Å²) in [6.45, 7) is 0. The number of amides is 1. The van der Waals surface area contributed by atoms with Crippen molar-refractivity contribution in [3.63, 3.8) is 0 Å². The highest BCUT2D eigenvalue weighted by Crippen LogP contribution is 2.22. The molecular formula is C13H8Cl2FNO3S. The van der Waals surface area contributed by atoms with Gasteiger partial charge < -0.3 is 5.32 Å². The number of halogens is 3. The number of nitrogens with one attached hydrogen (secondary N) is 1. The molecule has 2 rings (SSSR count). The van der Waals surface area contributed by atoms with E-state index in [9.17, 15) is 17.6 Å². The van der Waals surface area contributed by atoms with Gasteiger partial charge in [-0.25, -0.2) is 12.8 Å². The van der Waals surface area contributed by atoms with Crippen LogP contribution in [-0.2, 0) is 9.05 Å². The molecule has 2 aromatic carbocycles. The average Bonchev–Trinajstić information content (AvgIpc) is 2.40. The molecule has 0 saturated carbocycles. The maximum absolute atomic E-state index is 13.8. The first-order chi connectivity index (χ1) is 9.77. The van der Waals surface area contributed by atoms with Crippen LogP contribution in [0.2, 0.25) is 5.02 Å². The molecule has 0 aliphatic heterocycles. The SMILES string of the molecule is O=C(Nc1ccc(S(=O)(=O)Cl)cc1F)c1ccc(Cl)cc1. The minimum atomic E-state index is -4.02. The molecule has 0 heterocycles. The lowest BCUT2D eigenvalue weighted by Gasteiger charge is -2.07. The lowest BCUT2D eigenvalue weighted by molar-refractivity contribution is 0.102. The first-order valence-corrected chi connectivity index (χ1v) is 8.27. The zero-order valence-electron chi connectivity index (χ0n) is 10.3. The third kappa shape index (κ3) is 3.93. The van der Waals surface area contributed by atoms with E-state index in [2.05, 4.69) is 5.32 Å². The van der Waals surface area contributed by atoms with Gasteiger partial charge >= 0.3 is 0 Å². The van der Waals surface area contributed by atoms with E-state index in [0.717, 1.165) is 18.2 Å². The Balaban J connectivity index is 2.24. The van der Waals surface area contributed by atoms with Gasteiger partial charge in [-0.05, 0) is 42.5 Å². The second kappa shape index (κ2) is 6.01. The molecule has 0 bridgehead atoms. The van der Waals surface area contributed by atoms with Gasteiger partial charge in [0.05, 0.1) is 10.6 Å². The van der Waals surface area contributed by atoms with Gasteiger partial charge in [-0.2, -0.15) is 0 Å². The highest BCUT2D eigenvalue weighted by atomic mass is 35.7. The van der Waals surface area contributed by atoms with Crippen LogP contribution in [-0.4, -0.2) is 14.3 Å². The standard InChI is InChI=1S/C13H8Cl2FNO3S/c14-9-3-1-8(2-4-9)13(18)17-12-6-5-10(7-11(12)16)21(15,19)20/h1-7H,(H,17,18). The fourth-order valence-electron chi connectivity index (χ4n) is 1.54. The van der Waals surface area contributed by atoms with Crippen LogP contribution in [0.1, 0.15) is 10.4 Å². The normalized spacial score (nSPS) is 11.2. The molecule has 0 aliphatic carbocycles. The quantitative estimate of drug-likeness (QED) is 0.861. The van der Waals surface area contributed by atoms with Crippen LogP contribution in [0.3, 0.4) is 0 Å². The van der Waals surface area contributed by atoms with E-state index in [1.54, 1.807) is 0 Å². The number of carbonyl (C=O) groups excluding carboxylic acids is 1. The third-order valence-electron chi connectivity index (χ3n) is 2.58. The molecule has 0 spiro atoms. The monoisotopic (exact) mass is 347 g/mol. The number of benzene rings is 2. The largest absolute Gasteiger partial charge is 0.319 e. The predicted molar refractivity (Wildman–Crippen MR) is 78.8 cm³/mol. The van der Waals surface area contributed by atoms with E-state index >= 15 is 0 Å². The highest BCUT2D eigenvalue weighted by molar-refractivity contribution is 8.13. The molecular weight excluding hydrogens is 340 g/mol. The van der Waals surface area contributed by atoms with Gasteiger partial charge in [-0.15, -0.1) is 0 Å². The number of hydrogen-bond donors (Lipinski definition) is 1. The second-order valence-electron chi connectivity index (χ2n) is 4.04. The fraction of sp³-hybridized carbons (Fsp3) is 0. The molecule has 8 heteroatoms. The Labute approximate surface area is 129 Å². The van der Waals surface area contributed by atoms with Crippen molar-refractivity contribution >= 4 is 42.9 Å². The van der Waals surface area contributed by atoms with Crippen molar-refractivity contribution in [3.05, 3.63) is 58.9 Å². The average molecular weight is 348 g/mol. The third-order valence-corrected chi connectivity index (χ3v) is 4.18. The van der Waals surface area contributed by atoms with E-state index in [4.69, 9.17) is 22.3 Å². The first kappa shape index (κ1) is 15.8. The summed E-state index contributed by atoms with van der Waals surface area (Å²) in [6, 6.07) is 8.97. The number of hydrogen-bond acceptors (Lipinski definition) is 3. The first-order valence-electron chi connectivity index (χ1n) is 5.58. The Morgan fingerprint density at radius 2 is 1.71 bits per heavy atom. The smallest absolute Gasteiger partial charge is 0.261 e. The topological polar surface area (TPSA) is 63.2 Å². The second-order valence-corrected chi connectivity index (χ2v) is 7.04. The highest BCUT2D eigenvalue weighted by Gasteiger charge is 2.15. The van der Waals surface area contributed by atoms with Crippen molar-refractivity contribution in [1.82, 2.24) is 0 Å². The zero-order chi connectivity index (χ0) is 15.6. The fourth-order valence-corrected chi connectivity index (χ4v) is 2.43. The summed E-state index contributed by atoms with van der Waals surface area (Å²) < 4.78 is 35.9. The van der Waals surface area contributed by atoms with Crippen LogP contribution in [0.5, 0.6) is 0 Å². The molecule has 21 heavy (non-hydrogen) atoms. The van der Waals surface area contributed by atoms with Crippen molar-refractivity contribution in [2.45, 2.75) is 4.90 Å². The zero-order valence-corrected chi connectivity index (χ0v) is 12.6. The van der Waals surface area contributed by atoms with Crippen LogP contribution < -0.4 is 5.32 Å². The summed E-state index contributed by atoms with van der Waals surface area (Å²) in [7, 11) is 1.08. The number of anilines is 1. The molecule has 110 valence electrons. The minimum Gasteiger partial charge on any atom is -0.319 e. The van der Waals surface area contributed by atoms with Crippen molar-refractivity contribution in [1.29, 1.82) is 0 Å². The Morgan fingerprint density at radius 3 is 2.24 bits per heavy atom. The van der Waals surface area contributed by atoms with Gasteiger partial charge in [0.15, 0.2) is 0 Å². The summed E-state index contributed by atoms with van der Waals surface area (Å²) in [6.07, 6.45) is 0. The van der Waals surface area contributed by atoms with Crippen molar-refractivity contribution in [3.8, 4) is 0 Å². The Hall–Kier alpha value is -1.63. The Kier molecular flexibility index (Phi) is 4.51. The Bertz CT molecular complexity index is 792. The lowest BCUT2D eigenvalue weighted by Crippen LogP contribution is -2.13. The maximum Gasteiger partial charge on any atom is 0.261 e. The van der Waals surface area contributed by atoms with Gasteiger partial charge in [0.2, 0.25) is 0 Å². The Morgan fingerprint density at radius 1 is 1.10 bits per heavy atom. The molecule has 2 aromatic rings. The van der Waals surface area contributed by atoms with E-state index < -0.39 is 20.8 Å². The summed E-state index contributed by atoms with van der Waals surface area (Å²) in [5.74, 6) is -1.45. The molecule has 0 unspecified atom stereocenters. The molecule has 0 atom stereocenters. The molecule has 0 saturated heterocycles. The molecule has 0 fully saturated rings. The lowest BCUT2D eigenvalue weighted by atomic mass is 10.2. The summed E-state index contributed by atoms with van der Waals surface area (Å²) in [4.78, 5) is 11.5. The molecule has 0 aliphatic rings. The minimum absolute atomic E-state index is 0.154. The van der Waals surface area contributed by atoms with E-state index in [1.807, 2.05) is 0 Å². The van der Waals surface area contributed by atoms with Crippen molar-refractivity contribution in [2.24, 2.45) is 0 Å². The van der Waals surface area contributed by atoms with Crippen molar-refractivity contribution in [2.75, 3.05) is 5.32 Å². The molecule has 4 nitrogen and oxygen atoms in total. The van der Waals surface area contributed by atoms with Gasteiger partial charge in [0.1, 0.15) is 5.82 Å². The van der Waals surface area contributed by atoms with Gasteiger partial charge in [0, 0.05) is 21.3 Å². The summed E-state index contributed by atoms with van der Waals surface area (Å²) in [5, 5.41) is 2.80. The van der Waals surface area contributed by atoms with Crippen LogP contribution >= 0.6 is 22.3 Å². The van der Waals surface area contributed by atoms with E-state index in [-0.39, 0.29) is 16.1 Å². The molecule has 0 aromatic heterocycles. The van der Waals surface area contributed by atoms with Crippen LogP contribution in [0.25, 0.3) is 0 Å². The van der Waals surface area contributed by atoms with E-state index in [0.29, 0.717) is 5.02 Å². The number of rotatable bonds is 3. The van der Waals surface area contributed by atoms with Crippen LogP contribution in [0, 0.1) is 5.82 Å². The van der Waals surface area contributed by atoms with Gasteiger partial charge in [-0.3, -0.25) is 4.79 Å². The van der Waals surface area contributed by atoms with Crippen molar-refractivity contribution < 1.29 is 17.6 Å². The molecule has 1 N–H and O–H groups in total. The van der Waals surface area contributed by atoms with Gasteiger partial charge in [-0.1, -0.05) is 11.6 Å². The van der Waals surface area contributed by atoms with Crippen LogP contribution in [0.15, 0.2) is 47.4 Å². The van der Waals surface area contributed by atoms with E-state index in [1.165, 1.54) is 24.3 Å². The summed E-state index contributed by atoms with van der Waals surface area (Å²) >= 11 is 5.70. The molecule has 0 radical (unpaired) electrons. The maximum atomic E-state index is 13.8. The number of carbonyl (C=O) groups is 1. The van der Waals surface area contributed by atoms with Gasteiger partial charge in [0.25, 0.3) is 15.0 Å². The molecule has 1 amide bonds. The summed E-state index contributed by atoms with van der Waals surface area (Å²) in [5.41, 5.74) is 0.131.